The number of nitrogens with one attached hydrogen (secondary N) is 2. The lowest BCUT2D eigenvalue weighted by Crippen LogP contribution is -2.52. The summed E-state index contributed by atoms with van der Waals surface area (Å²) >= 11 is 0. The molecule has 2 aliphatic heterocycles. The Hall–Kier alpha value is -4.67. The minimum absolute atomic E-state index is 0.0802. The van der Waals surface area contributed by atoms with Gasteiger partial charge in [0.2, 0.25) is 11.8 Å². The first kappa shape index (κ1) is 24.0. The Kier molecular flexibility index (Phi) is 6.34. The fraction of sp³-hybridized carbons (Fsp3) is 0.192. The summed E-state index contributed by atoms with van der Waals surface area (Å²) in [5.74, 6) is -2.61. The number of nitrogens with zero attached hydrogens (tertiary/aromatic N) is 2. The molecule has 2 aliphatic rings. The van der Waals surface area contributed by atoms with Crippen LogP contribution in [0.3, 0.4) is 0 Å². The quantitative estimate of drug-likeness (QED) is 0.512. The van der Waals surface area contributed by atoms with Crippen LogP contribution >= 0.6 is 0 Å². The molecule has 1 atom stereocenters. The van der Waals surface area contributed by atoms with Crippen molar-refractivity contribution in [3.05, 3.63) is 83.1 Å². The summed E-state index contributed by atoms with van der Waals surface area (Å²) in [6.45, 7) is -0.410. The lowest BCUT2D eigenvalue weighted by molar-refractivity contribution is -0.136. The summed E-state index contributed by atoms with van der Waals surface area (Å²) in [6.07, 6.45) is 0.769. The van der Waals surface area contributed by atoms with Crippen LogP contribution in [0.5, 0.6) is 0 Å². The molecule has 0 bridgehead atoms. The Bertz CT molecular complexity index is 1430. The molecule has 2 N–H and O–H groups in total. The molecule has 3 aromatic rings. The van der Waals surface area contributed by atoms with Crippen molar-refractivity contribution < 1.29 is 32.7 Å². The minimum Gasteiger partial charge on any atom is -0.444 e. The van der Waals surface area contributed by atoms with Gasteiger partial charge in [0.1, 0.15) is 24.3 Å². The summed E-state index contributed by atoms with van der Waals surface area (Å²) < 4.78 is 33.9. The molecule has 1 fully saturated rings. The van der Waals surface area contributed by atoms with Crippen LogP contribution in [0.1, 0.15) is 34.3 Å². The van der Waals surface area contributed by atoms with Gasteiger partial charge < -0.3 is 9.64 Å². The van der Waals surface area contributed by atoms with Gasteiger partial charge in [-0.1, -0.05) is 12.1 Å². The van der Waals surface area contributed by atoms with Crippen molar-refractivity contribution in [1.29, 1.82) is 0 Å². The number of hydrogen-bond acceptors (Lipinski definition) is 6. The third kappa shape index (κ3) is 4.88. The van der Waals surface area contributed by atoms with Gasteiger partial charge in [0.15, 0.2) is 0 Å². The van der Waals surface area contributed by atoms with Crippen LogP contribution in [-0.2, 0) is 27.5 Å². The van der Waals surface area contributed by atoms with Crippen LogP contribution in [0.25, 0.3) is 11.3 Å². The number of anilines is 1. The van der Waals surface area contributed by atoms with Gasteiger partial charge in [-0.2, -0.15) is 0 Å². The maximum atomic E-state index is 14.8. The summed E-state index contributed by atoms with van der Waals surface area (Å²) in [5, 5.41) is 4.68. The van der Waals surface area contributed by atoms with E-state index < -0.39 is 41.5 Å². The van der Waals surface area contributed by atoms with Gasteiger partial charge in [0, 0.05) is 23.1 Å². The number of pyridine rings is 1. The maximum absolute atomic E-state index is 14.8. The summed E-state index contributed by atoms with van der Waals surface area (Å²) in [6, 6.07) is 11.0. The second-order valence-corrected chi connectivity index (χ2v) is 8.62. The lowest BCUT2D eigenvalue weighted by atomic mass is 10.0. The summed E-state index contributed by atoms with van der Waals surface area (Å²) in [4.78, 5) is 54.1. The summed E-state index contributed by atoms with van der Waals surface area (Å²) in [5.41, 5.74) is 1.49. The molecule has 4 amide bonds. The van der Waals surface area contributed by atoms with Gasteiger partial charge in [-0.25, -0.2) is 13.6 Å². The van der Waals surface area contributed by atoms with Crippen molar-refractivity contribution in [3.8, 4) is 11.3 Å². The molecule has 1 aromatic heterocycles. The number of carbonyl (C=O) groups is 4. The van der Waals surface area contributed by atoms with E-state index in [1.165, 1.54) is 29.3 Å². The number of fused-ring (bicyclic) bond motifs is 1. The molecule has 9 nitrogen and oxygen atoms in total. The van der Waals surface area contributed by atoms with Gasteiger partial charge >= 0.3 is 6.09 Å². The first-order valence-electron chi connectivity index (χ1n) is 11.4. The van der Waals surface area contributed by atoms with Crippen LogP contribution in [0.2, 0.25) is 0 Å². The van der Waals surface area contributed by atoms with Crippen molar-refractivity contribution in [3.63, 3.8) is 0 Å². The van der Waals surface area contributed by atoms with E-state index in [0.29, 0.717) is 16.9 Å². The number of aromatic nitrogens is 1. The molecule has 37 heavy (non-hydrogen) atoms. The SMILES string of the molecule is O=C1CCC(N2Cc3c(F)cc(COC(=O)Nc4ccc(-c5ccccc5F)nc4)cc3C2=O)C(=O)N1. The third-order valence-electron chi connectivity index (χ3n) is 6.19. The van der Waals surface area contributed by atoms with Crippen molar-refractivity contribution >= 4 is 29.5 Å². The first-order chi connectivity index (χ1) is 17.8. The maximum Gasteiger partial charge on any atom is 0.412 e. The molecule has 2 aromatic carbocycles. The fourth-order valence-electron chi connectivity index (χ4n) is 4.35. The lowest BCUT2D eigenvalue weighted by Gasteiger charge is -2.29. The van der Waals surface area contributed by atoms with E-state index >= 15 is 0 Å². The van der Waals surface area contributed by atoms with E-state index in [2.05, 4.69) is 15.6 Å². The predicted octanol–water partition coefficient (Wildman–Crippen LogP) is 3.54. The highest BCUT2D eigenvalue weighted by Gasteiger charge is 2.40. The van der Waals surface area contributed by atoms with E-state index in [1.54, 1.807) is 24.3 Å². The number of hydrogen-bond donors (Lipinski definition) is 2. The van der Waals surface area contributed by atoms with Gasteiger partial charge in [-0.3, -0.25) is 30.0 Å². The number of benzene rings is 2. The molecule has 0 radical (unpaired) electrons. The van der Waals surface area contributed by atoms with E-state index in [4.69, 9.17) is 4.74 Å². The van der Waals surface area contributed by atoms with Crippen LogP contribution in [0.4, 0.5) is 19.3 Å². The van der Waals surface area contributed by atoms with Gasteiger partial charge in [0.05, 0.1) is 24.1 Å². The highest BCUT2D eigenvalue weighted by molar-refractivity contribution is 6.05. The average Bonchev–Trinajstić information content (AvgIpc) is 3.20. The number of piperidine rings is 1. The van der Waals surface area contributed by atoms with E-state index in [-0.39, 0.29) is 42.7 Å². The zero-order valence-corrected chi connectivity index (χ0v) is 19.3. The monoisotopic (exact) mass is 506 g/mol. The molecular weight excluding hydrogens is 486 g/mol. The molecular formula is C26H20F2N4O5. The molecule has 3 heterocycles. The molecule has 188 valence electrons. The highest BCUT2D eigenvalue weighted by atomic mass is 19.1. The molecule has 0 spiro atoms. The van der Waals surface area contributed by atoms with Crippen LogP contribution in [-0.4, -0.2) is 39.7 Å². The second kappa shape index (κ2) is 9.76. The number of carbonyl (C=O) groups excluding carboxylic acids is 4. The fourth-order valence-corrected chi connectivity index (χ4v) is 4.35. The third-order valence-corrected chi connectivity index (χ3v) is 6.19. The normalized spacial score (nSPS) is 16.9. The van der Waals surface area contributed by atoms with Crippen LogP contribution in [0, 0.1) is 11.6 Å². The first-order valence-corrected chi connectivity index (χ1v) is 11.4. The van der Waals surface area contributed by atoms with E-state index in [9.17, 15) is 28.0 Å². The van der Waals surface area contributed by atoms with Gasteiger partial charge in [0.25, 0.3) is 5.91 Å². The summed E-state index contributed by atoms with van der Waals surface area (Å²) in [7, 11) is 0. The molecule has 0 aliphatic carbocycles. The molecule has 0 saturated carbocycles. The van der Waals surface area contributed by atoms with Crippen molar-refractivity contribution in [2.45, 2.75) is 32.0 Å². The minimum atomic E-state index is -0.860. The Morgan fingerprint density at radius 2 is 1.89 bits per heavy atom. The Morgan fingerprint density at radius 1 is 1.08 bits per heavy atom. The molecule has 5 rings (SSSR count). The van der Waals surface area contributed by atoms with E-state index in [0.717, 1.165) is 6.07 Å². The standard InChI is InChI=1S/C26H20F2N4O5/c27-19-4-2-1-3-16(19)21-6-5-15(11-29-21)30-26(36)37-13-14-9-17-18(20(28)10-14)12-32(25(17)35)22-7-8-23(33)31-24(22)34/h1-6,9-11,22H,7-8,12-13H2,(H,30,36)(H,31,33,34). The largest absolute Gasteiger partial charge is 0.444 e. The predicted molar refractivity (Wildman–Crippen MR) is 126 cm³/mol. The van der Waals surface area contributed by atoms with Crippen LogP contribution in [0.15, 0.2) is 54.7 Å². The Morgan fingerprint density at radius 3 is 2.62 bits per heavy atom. The van der Waals surface area contributed by atoms with Crippen molar-refractivity contribution in [1.82, 2.24) is 15.2 Å². The zero-order chi connectivity index (χ0) is 26.1. The van der Waals surface area contributed by atoms with Crippen molar-refractivity contribution in [2.24, 2.45) is 0 Å². The molecule has 1 unspecified atom stereocenters. The molecule has 11 heteroatoms. The van der Waals surface area contributed by atoms with Crippen LogP contribution < -0.4 is 10.6 Å². The topological polar surface area (TPSA) is 118 Å². The Labute approximate surface area is 209 Å². The smallest absolute Gasteiger partial charge is 0.412 e. The average molecular weight is 506 g/mol. The van der Waals surface area contributed by atoms with Gasteiger partial charge in [-0.15, -0.1) is 0 Å². The highest BCUT2D eigenvalue weighted by Crippen LogP contribution is 2.30. The van der Waals surface area contributed by atoms with E-state index in [1.807, 2.05) is 0 Å². The number of halogens is 2. The van der Waals surface area contributed by atoms with Gasteiger partial charge in [-0.05, 0) is 48.4 Å². The number of imide groups is 1. The zero-order valence-electron chi connectivity index (χ0n) is 19.3. The van der Waals surface area contributed by atoms with Crippen molar-refractivity contribution in [2.75, 3.05) is 5.32 Å². The number of ether oxygens (including phenoxy) is 1. The number of amides is 4. The molecule has 1 saturated heterocycles. The number of rotatable bonds is 5. The Balaban J connectivity index is 1.21. The second-order valence-electron chi connectivity index (χ2n) is 8.62.